The Balaban J connectivity index is 1.66. The highest BCUT2D eigenvalue weighted by atomic mass is 16.1. The molecule has 3 aromatic carbocycles. The topological polar surface area (TPSA) is 20.3 Å². The second kappa shape index (κ2) is 6.84. The van der Waals surface area contributed by atoms with E-state index >= 15 is 0 Å². The molecule has 0 unspecified atom stereocenters. The van der Waals surface area contributed by atoms with Crippen LogP contribution in [0.15, 0.2) is 72.4 Å². The molecule has 5 rings (SSSR count). The van der Waals surface area contributed by atoms with Gasteiger partial charge in [0.2, 0.25) is 0 Å². The Kier molecular flexibility index (Phi) is 4.25. The number of benzene rings is 3. The minimum absolute atomic E-state index is 0.0534. The predicted octanol–water partition coefficient (Wildman–Crippen LogP) is 4.70. The van der Waals surface area contributed by atoms with Gasteiger partial charge in [0, 0.05) is 23.3 Å². The molecule has 0 spiro atoms. The van der Waals surface area contributed by atoms with Gasteiger partial charge in [0.05, 0.1) is 0 Å². The van der Waals surface area contributed by atoms with Gasteiger partial charge in [0.15, 0.2) is 5.78 Å². The summed E-state index contributed by atoms with van der Waals surface area (Å²) in [6.07, 6.45) is 9.69. The molecule has 0 saturated heterocycles. The van der Waals surface area contributed by atoms with E-state index in [2.05, 4.69) is 86.4 Å². The Morgan fingerprint density at radius 1 is 0.967 bits per heavy atom. The van der Waals surface area contributed by atoms with E-state index < -0.39 is 0 Å². The smallest absolute Gasteiger partial charge is 0.179 e. The van der Waals surface area contributed by atoms with E-state index in [-0.39, 0.29) is 11.2 Å². The summed E-state index contributed by atoms with van der Waals surface area (Å²) in [4.78, 5) is 14.0. The van der Waals surface area contributed by atoms with Gasteiger partial charge in [0.1, 0.15) is 0 Å². The zero-order valence-electron chi connectivity index (χ0n) is 17.6. The van der Waals surface area contributed by atoms with Gasteiger partial charge in [-0.3, -0.25) is 4.79 Å². The lowest BCUT2D eigenvalue weighted by molar-refractivity contribution is -0.109. The average Bonchev–Trinajstić information content (AvgIpc) is 2.98. The molecule has 0 fully saturated rings. The second-order valence-electron chi connectivity index (χ2n) is 8.54. The number of hydrogen-bond acceptors (Lipinski definition) is 2. The summed E-state index contributed by atoms with van der Waals surface area (Å²) in [6.45, 7) is 7.79. The molecule has 0 radical (unpaired) electrons. The number of carbonyl (C=O) groups is 1. The van der Waals surface area contributed by atoms with E-state index in [1.54, 1.807) is 12.2 Å². The lowest BCUT2D eigenvalue weighted by Gasteiger charge is -2.26. The van der Waals surface area contributed by atoms with Crippen LogP contribution in [0.3, 0.4) is 0 Å². The van der Waals surface area contributed by atoms with Crippen molar-refractivity contribution in [1.29, 1.82) is 0 Å². The zero-order valence-corrected chi connectivity index (χ0v) is 17.6. The summed E-state index contributed by atoms with van der Waals surface area (Å²) in [5.74, 6) is 0.0534. The first-order chi connectivity index (χ1) is 14.5. The molecule has 148 valence electrons. The van der Waals surface area contributed by atoms with E-state index in [1.807, 2.05) is 12.1 Å². The van der Waals surface area contributed by atoms with Crippen LogP contribution in [0.1, 0.15) is 31.9 Å². The Bertz CT molecular complexity index is 1370. The first-order valence-corrected chi connectivity index (χ1v) is 10.5. The fourth-order valence-electron chi connectivity index (χ4n) is 4.90. The van der Waals surface area contributed by atoms with Gasteiger partial charge in [-0.15, -0.1) is 0 Å². The van der Waals surface area contributed by atoms with Gasteiger partial charge in [-0.2, -0.15) is 0 Å². The Morgan fingerprint density at radius 2 is 1.80 bits per heavy atom. The maximum atomic E-state index is 11.6. The van der Waals surface area contributed by atoms with E-state index in [9.17, 15) is 4.79 Å². The average molecular weight is 392 g/mol. The number of ketones is 1. The van der Waals surface area contributed by atoms with Crippen LogP contribution in [0.2, 0.25) is 0 Å². The van der Waals surface area contributed by atoms with Crippen molar-refractivity contribution in [1.82, 2.24) is 0 Å². The molecule has 2 nitrogen and oxygen atoms in total. The number of allylic oxidation sites excluding steroid dienone is 3. The minimum atomic E-state index is -0.0863. The van der Waals surface area contributed by atoms with Crippen LogP contribution in [-0.4, -0.2) is 12.3 Å². The highest BCUT2D eigenvalue weighted by molar-refractivity contribution is 6.16. The highest BCUT2D eigenvalue weighted by Gasteiger charge is 2.40. The molecular weight excluding hydrogens is 366 g/mol. The van der Waals surface area contributed by atoms with Crippen molar-refractivity contribution < 1.29 is 4.79 Å². The van der Waals surface area contributed by atoms with E-state index in [0.29, 0.717) is 0 Å². The van der Waals surface area contributed by atoms with Crippen molar-refractivity contribution in [2.75, 3.05) is 11.4 Å². The number of nitrogens with zero attached hydrogens (tertiary/aromatic N) is 1. The molecule has 1 aliphatic heterocycles. The number of anilines is 1. The van der Waals surface area contributed by atoms with Crippen molar-refractivity contribution in [3.63, 3.8) is 0 Å². The summed E-state index contributed by atoms with van der Waals surface area (Å²) in [5, 5.41) is 4.75. The van der Waals surface area contributed by atoms with Crippen LogP contribution < -0.4 is 15.3 Å². The third-order valence-electron chi connectivity index (χ3n) is 6.34. The van der Waals surface area contributed by atoms with Crippen LogP contribution in [0.25, 0.3) is 29.0 Å². The molecule has 1 aliphatic carbocycles. The lowest BCUT2D eigenvalue weighted by atomic mass is 9.81. The fraction of sp³-hybridized carbons (Fsp3) is 0.179. The van der Waals surface area contributed by atoms with Gasteiger partial charge in [0.25, 0.3) is 0 Å². The first-order valence-electron chi connectivity index (χ1n) is 10.5. The Hall–Kier alpha value is -3.39. The molecule has 0 bridgehead atoms. The molecule has 1 heterocycles. The SMILES string of the molecule is CCN1C(=CC=c2ccc3c(c2)C=CC(=O)C=3)C(C)(C)c2c1ccc1ccccc21. The van der Waals surface area contributed by atoms with Gasteiger partial charge < -0.3 is 4.90 Å². The summed E-state index contributed by atoms with van der Waals surface area (Å²) >= 11 is 0. The number of carbonyl (C=O) groups excluding carboxylic acids is 1. The number of likely N-dealkylation sites (N-methyl/N-ethyl adjacent to an activating group) is 1. The quantitative estimate of drug-likeness (QED) is 0.631. The van der Waals surface area contributed by atoms with Crippen LogP contribution in [0, 0.1) is 0 Å². The third-order valence-corrected chi connectivity index (χ3v) is 6.34. The summed E-state index contributed by atoms with van der Waals surface area (Å²) < 4.78 is 0. The summed E-state index contributed by atoms with van der Waals surface area (Å²) in [7, 11) is 0. The third kappa shape index (κ3) is 2.83. The number of rotatable bonds is 2. The van der Waals surface area contributed by atoms with E-state index in [1.165, 1.54) is 27.7 Å². The van der Waals surface area contributed by atoms with Crippen LogP contribution in [-0.2, 0) is 10.2 Å². The maximum Gasteiger partial charge on any atom is 0.179 e. The predicted molar refractivity (Wildman–Crippen MR) is 127 cm³/mol. The monoisotopic (exact) mass is 391 g/mol. The van der Waals surface area contributed by atoms with Crippen LogP contribution in [0.5, 0.6) is 0 Å². The van der Waals surface area contributed by atoms with Crippen molar-refractivity contribution in [2.24, 2.45) is 0 Å². The maximum absolute atomic E-state index is 11.6. The van der Waals surface area contributed by atoms with Gasteiger partial charge in [-0.05, 0) is 69.6 Å². The van der Waals surface area contributed by atoms with E-state index in [4.69, 9.17) is 0 Å². The van der Waals surface area contributed by atoms with E-state index in [0.717, 1.165) is 22.5 Å². The molecule has 0 amide bonds. The first kappa shape index (κ1) is 18.6. The van der Waals surface area contributed by atoms with Crippen LogP contribution >= 0.6 is 0 Å². The molecule has 0 saturated carbocycles. The van der Waals surface area contributed by atoms with Crippen molar-refractivity contribution >= 4 is 40.5 Å². The Labute approximate surface area is 177 Å². The molecule has 0 aromatic heterocycles. The molecule has 3 aromatic rings. The highest BCUT2D eigenvalue weighted by Crippen LogP contribution is 2.50. The lowest BCUT2D eigenvalue weighted by Crippen LogP contribution is -2.26. The standard InChI is InChI=1S/C28H25NO/c1-4-29-25-15-13-20-7-5-6-8-24(20)27(25)28(2,3)26(29)16-10-19-9-11-22-18-23(30)14-12-21(22)17-19/h5-18H,4H2,1-3H3. The van der Waals surface area contributed by atoms with Gasteiger partial charge in [-0.1, -0.05) is 68.5 Å². The molecule has 0 N–H and O–H groups in total. The minimum Gasteiger partial charge on any atom is -0.344 e. The fourth-order valence-corrected chi connectivity index (χ4v) is 4.90. The van der Waals surface area contributed by atoms with Crippen molar-refractivity contribution in [3.8, 4) is 0 Å². The molecular formula is C28H25NO. The Morgan fingerprint density at radius 3 is 2.63 bits per heavy atom. The summed E-state index contributed by atoms with van der Waals surface area (Å²) in [5.41, 5.74) is 5.03. The molecule has 2 heteroatoms. The van der Waals surface area contributed by atoms with Crippen molar-refractivity contribution in [3.05, 3.63) is 94.0 Å². The molecule has 0 atom stereocenters. The molecule has 30 heavy (non-hydrogen) atoms. The number of hydrogen-bond donors (Lipinski definition) is 0. The second-order valence-corrected chi connectivity index (χ2v) is 8.54. The van der Waals surface area contributed by atoms with Gasteiger partial charge >= 0.3 is 0 Å². The zero-order chi connectivity index (χ0) is 20.9. The van der Waals surface area contributed by atoms with Crippen molar-refractivity contribution in [2.45, 2.75) is 26.2 Å². The van der Waals surface area contributed by atoms with Crippen LogP contribution in [0.4, 0.5) is 5.69 Å². The molecule has 2 aliphatic rings. The number of fused-ring (bicyclic) bond motifs is 4. The summed E-state index contributed by atoms with van der Waals surface area (Å²) in [6, 6.07) is 19.4. The normalized spacial score (nSPS) is 18.6. The largest absolute Gasteiger partial charge is 0.344 e. The van der Waals surface area contributed by atoms with Gasteiger partial charge in [-0.25, -0.2) is 0 Å².